The van der Waals surface area contributed by atoms with Crippen molar-refractivity contribution in [3.05, 3.63) is 30.6 Å². The van der Waals surface area contributed by atoms with Gasteiger partial charge in [0.2, 0.25) is 0 Å². The zero-order chi connectivity index (χ0) is 6.97. The van der Waals surface area contributed by atoms with Gasteiger partial charge in [0.25, 0.3) is 0 Å². The van der Waals surface area contributed by atoms with Crippen LogP contribution in [0.3, 0.4) is 0 Å². The summed E-state index contributed by atoms with van der Waals surface area (Å²) in [5, 5.41) is 0. The van der Waals surface area contributed by atoms with Crippen molar-refractivity contribution < 1.29 is 0 Å². The third-order valence-electron chi connectivity index (χ3n) is 1.46. The first-order valence-corrected chi connectivity index (χ1v) is 3.05. The molecule has 2 rings (SSSR count). The van der Waals surface area contributed by atoms with Crippen LogP contribution in [0.1, 0.15) is 0 Å². The third-order valence-corrected chi connectivity index (χ3v) is 1.46. The summed E-state index contributed by atoms with van der Waals surface area (Å²) in [4.78, 5) is 4.08. The summed E-state index contributed by atoms with van der Waals surface area (Å²) in [5.74, 6) is 0.725. The molecule has 3 nitrogen and oxygen atoms in total. The van der Waals surface area contributed by atoms with Crippen LogP contribution in [0.4, 0.5) is 5.82 Å². The third kappa shape index (κ3) is 0.572. The number of rotatable bonds is 0. The summed E-state index contributed by atoms with van der Waals surface area (Å²) in [6.07, 6.45) is 3.63. The van der Waals surface area contributed by atoms with Crippen LogP contribution in [-0.4, -0.2) is 9.38 Å². The van der Waals surface area contributed by atoms with Gasteiger partial charge in [-0.15, -0.1) is 0 Å². The van der Waals surface area contributed by atoms with E-state index >= 15 is 0 Å². The second kappa shape index (κ2) is 1.73. The summed E-state index contributed by atoms with van der Waals surface area (Å²) < 4.78 is 1.83. The first kappa shape index (κ1) is 5.29. The first-order valence-electron chi connectivity index (χ1n) is 3.05. The predicted octanol–water partition coefficient (Wildman–Crippen LogP) is 0.916. The largest absolute Gasteiger partial charge is 0.385 e. The highest BCUT2D eigenvalue weighted by Crippen LogP contribution is 2.07. The van der Waals surface area contributed by atoms with Gasteiger partial charge in [0.15, 0.2) is 0 Å². The Bertz CT molecular complexity index is 350. The van der Waals surface area contributed by atoms with Crippen molar-refractivity contribution in [3.63, 3.8) is 0 Å². The van der Waals surface area contributed by atoms with Crippen LogP contribution in [0.25, 0.3) is 5.65 Å². The molecule has 0 aliphatic heterocycles. The average Bonchev–Trinajstić information content (AvgIpc) is 2.34. The zero-order valence-electron chi connectivity index (χ0n) is 5.36. The molecule has 0 saturated heterocycles. The Morgan fingerprint density at radius 3 is 3.10 bits per heavy atom. The van der Waals surface area contributed by atoms with E-state index in [1.54, 1.807) is 6.20 Å². The van der Waals surface area contributed by atoms with E-state index in [9.17, 15) is 0 Å². The van der Waals surface area contributed by atoms with Gasteiger partial charge in [-0.2, -0.15) is 0 Å². The van der Waals surface area contributed by atoms with Gasteiger partial charge < -0.3 is 5.73 Å². The second-order valence-corrected chi connectivity index (χ2v) is 2.11. The van der Waals surface area contributed by atoms with E-state index < -0.39 is 0 Å². The van der Waals surface area contributed by atoms with Crippen LogP contribution in [0.5, 0.6) is 0 Å². The smallest absolute Gasteiger partial charge is 0.138 e. The van der Waals surface area contributed by atoms with Crippen molar-refractivity contribution in [3.8, 4) is 0 Å². The molecule has 0 saturated carbocycles. The highest BCUT2D eigenvalue weighted by atomic mass is 15.0. The van der Waals surface area contributed by atoms with Gasteiger partial charge in [0, 0.05) is 12.4 Å². The monoisotopic (exact) mass is 133 g/mol. The van der Waals surface area contributed by atoms with Gasteiger partial charge in [0.1, 0.15) is 11.5 Å². The Kier molecular flexibility index (Phi) is 0.917. The SMILES string of the molecule is Nc1ccc2ncccn12. The zero-order valence-corrected chi connectivity index (χ0v) is 5.36. The number of anilines is 1. The second-order valence-electron chi connectivity index (χ2n) is 2.11. The number of hydrogen-bond acceptors (Lipinski definition) is 2. The molecule has 2 aromatic rings. The van der Waals surface area contributed by atoms with E-state index in [2.05, 4.69) is 4.98 Å². The molecule has 0 spiro atoms. The molecular weight excluding hydrogens is 126 g/mol. The Morgan fingerprint density at radius 1 is 1.40 bits per heavy atom. The lowest BCUT2D eigenvalue weighted by Crippen LogP contribution is -1.91. The standard InChI is InChI=1S/C7H7N3/c8-6-2-3-7-9-4-1-5-10(6)7/h1-5H,8H2. The molecule has 0 aliphatic carbocycles. The van der Waals surface area contributed by atoms with E-state index in [0.717, 1.165) is 11.5 Å². The number of hydrogen-bond donors (Lipinski definition) is 1. The Morgan fingerprint density at radius 2 is 2.30 bits per heavy atom. The lowest BCUT2D eigenvalue weighted by molar-refractivity contribution is 1.14. The molecule has 0 unspecified atom stereocenters. The van der Waals surface area contributed by atoms with Crippen LogP contribution < -0.4 is 5.73 Å². The van der Waals surface area contributed by atoms with Crippen LogP contribution in [0, 0.1) is 0 Å². The maximum Gasteiger partial charge on any atom is 0.138 e. The minimum Gasteiger partial charge on any atom is -0.385 e. The van der Waals surface area contributed by atoms with Crippen LogP contribution in [0.15, 0.2) is 30.6 Å². The minimum atomic E-state index is 0.725. The van der Waals surface area contributed by atoms with E-state index in [0.29, 0.717) is 0 Å². The fourth-order valence-electron chi connectivity index (χ4n) is 0.964. The summed E-state index contributed by atoms with van der Waals surface area (Å²) in [7, 11) is 0. The molecule has 0 amide bonds. The molecule has 0 atom stereocenters. The molecule has 10 heavy (non-hydrogen) atoms. The van der Waals surface area contributed by atoms with Crippen molar-refractivity contribution in [1.82, 2.24) is 9.38 Å². The van der Waals surface area contributed by atoms with Crippen molar-refractivity contribution in [2.45, 2.75) is 0 Å². The Balaban J connectivity index is 2.93. The first-order chi connectivity index (χ1) is 4.88. The molecule has 0 aliphatic rings. The molecular formula is C7H7N3. The van der Waals surface area contributed by atoms with Gasteiger partial charge in [-0.1, -0.05) is 0 Å². The highest BCUT2D eigenvalue weighted by Gasteiger charge is 1.93. The molecule has 50 valence electrons. The topological polar surface area (TPSA) is 43.3 Å². The van der Waals surface area contributed by atoms with Crippen LogP contribution in [0.2, 0.25) is 0 Å². The summed E-state index contributed by atoms with van der Waals surface area (Å²) in [6, 6.07) is 5.57. The molecule has 0 aromatic carbocycles. The molecule has 2 aromatic heterocycles. The van der Waals surface area contributed by atoms with E-state index in [1.807, 2.05) is 28.8 Å². The highest BCUT2D eigenvalue weighted by molar-refractivity contribution is 5.49. The number of fused-ring (bicyclic) bond motifs is 1. The van der Waals surface area contributed by atoms with Gasteiger partial charge in [-0.3, -0.25) is 4.40 Å². The van der Waals surface area contributed by atoms with Crippen molar-refractivity contribution in [2.24, 2.45) is 0 Å². The van der Waals surface area contributed by atoms with Crippen molar-refractivity contribution >= 4 is 11.5 Å². The number of nitrogen functional groups attached to an aromatic ring is 1. The van der Waals surface area contributed by atoms with Gasteiger partial charge in [-0.05, 0) is 18.2 Å². The van der Waals surface area contributed by atoms with E-state index in [4.69, 9.17) is 5.73 Å². The molecule has 2 heterocycles. The summed E-state index contributed by atoms with van der Waals surface area (Å²) in [6.45, 7) is 0. The quantitative estimate of drug-likeness (QED) is 0.580. The molecule has 2 N–H and O–H groups in total. The number of nitrogens with two attached hydrogens (primary N) is 1. The van der Waals surface area contributed by atoms with Crippen molar-refractivity contribution in [2.75, 3.05) is 5.73 Å². The normalized spacial score (nSPS) is 10.4. The molecule has 0 bridgehead atoms. The Labute approximate surface area is 58.1 Å². The lowest BCUT2D eigenvalue weighted by Gasteiger charge is -1.92. The molecule has 3 heteroatoms. The summed E-state index contributed by atoms with van der Waals surface area (Å²) >= 11 is 0. The van der Waals surface area contributed by atoms with Gasteiger partial charge >= 0.3 is 0 Å². The van der Waals surface area contributed by atoms with Crippen LogP contribution >= 0.6 is 0 Å². The number of aromatic nitrogens is 2. The van der Waals surface area contributed by atoms with Crippen LogP contribution in [-0.2, 0) is 0 Å². The van der Waals surface area contributed by atoms with Crippen molar-refractivity contribution in [1.29, 1.82) is 0 Å². The lowest BCUT2D eigenvalue weighted by atomic mass is 10.6. The summed E-state index contributed by atoms with van der Waals surface area (Å²) in [5.41, 5.74) is 6.49. The Hall–Kier alpha value is -1.51. The average molecular weight is 133 g/mol. The molecule has 0 radical (unpaired) electrons. The maximum absolute atomic E-state index is 5.60. The minimum absolute atomic E-state index is 0.725. The fourth-order valence-corrected chi connectivity index (χ4v) is 0.964. The van der Waals surface area contributed by atoms with E-state index in [1.165, 1.54) is 0 Å². The van der Waals surface area contributed by atoms with Gasteiger partial charge in [0.05, 0.1) is 0 Å². The van der Waals surface area contributed by atoms with Gasteiger partial charge in [-0.25, -0.2) is 4.98 Å². The predicted molar refractivity (Wildman–Crippen MR) is 39.6 cm³/mol. The fraction of sp³-hybridized carbons (Fsp3) is 0. The number of nitrogens with zero attached hydrogens (tertiary/aromatic N) is 2. The molecule has 0 fully saturated rings. The van der Waals surface area contributed by atoms with E-state index in [-0.39, 0.29) is 0 Å². The maximum atomic E-state index is 5.60.